The minimum Gasteiger partial charge on any atom is -0.383 e. The van der Waals surface area contributed by atoms with Crippen LogP contribution in [0.4, 0.5) is 4.39 Å². The molecule has 0 aliphatic heterocycles. The van der Waals surface area contributed by atoms with Crippen molar-refractivity contribution in [2.24, 2.45) is 0 Å². The van der Waals surface area contributed by atoms with E-state index in [1.807, 2.05) is 48.5 Å². The molecule has 1 N–H and O–H groups in total. The first-order chi connectivity index (χ1) is 16.7. The standard InChI is InChI=1S/C26H25FN4O2S/c1-33-16-15-28-25(32)21-12-6-5-11-20(21)18-34-26-30-29-24(17-19-9-3-2-4-10-19)31(26)23-14-8-7-13-22(23)27/h2-14H,15-18H2,1H3,(H,28,32). The van der Waals surface area contributed by atoms with Crippen LogP contribution in [-0.4, -0.2) is 40.9 Å². The third kappa shape index (κ3) is 5.70. The number of para-hydroxylation sites is 1. The zero-order valence-corrected chi connectivity index (χ0v) is 19.6. The van der Waals surface area contributed by atoms with E-state index in [0.717, 1.165) is 11.1 Å². The second kappa shape index (κ2) is 11.6. The number of nitrogens with zero attached hydrogens (tertiary/aromatic N) is 3. The highest BCUT2D eigenvalue weighted by atomic mass is 32.2. The van der Waals surface area contributed by atoms with Crippen LogP contribution in [0.25, 0.3) is 5.69 Å². The first kappa shape index (κ1) is 23.7. The number of methoxy groups -OCH3 is 1. The minimum atomic E-state index is -0.351. The summed E-state index contributed by atoms with van der Waals surface area (Å²) in [5.41, 5.74) is 2.90. The van der Waals surface area contributed by atoms with Gasteiger partial charge in [0, 0.05) is 31.4 Å². The number of carbonyl (C=O) groups excluding carboxylic acids is 1. The van der Waals surface area contributed by atoms with Gasteiger partial charge in [0.15, 0.2) is 5.16 Å². The molecule has 0 bridgehead atoms. The Kier molecular flexibility index (Phi) is 8.06. The fourth-order valence-electron chi connectivity index (χ4n) is 3.53. The van der Waals surface area contributed by atoms with E-state index in [1.54, 1.807) is 35.9 Å². The number of nitrogens with one attached hydrogen (secondary N) is 1. The van der Waals surface area contributed by atoms with Crippen molar-refractivity contribution in [3.8, 4) is 5.69 Å². The van der Waals surface area contributed by atoms with Gasteiger partial charge in [0.05, 0.1) is 12.3 Å². The fourth-order valence-corrected chi connectivity index (χ4v) is 4.50. The summed E-state index contributed by atoms with van der Waals surface area (Å²) in [7, 11) is 1.59. The summed E-state index contributed by atoms with van der Waals surface area (Å²) in [5.74, 6) is 0.612. The summed E-state index contributed by atoms with van der Waals surface area (Å²) in [4.78, 5) is 12.6. The maximum absolute atomic E-state index is 14.8. The minimum absolute atomic E-state index is 0.159. The molecular formula is C26H25FN4O2S. The number of hydrogen-bond acceptors (Lipinski definition) is 5. The predicted octanol–water partition coefficient (Wildman–Crippen LogP) is 4.67. The Balaban J connectivity index is 1.61. The molecule has 0 saturated heterocycles. The average molecular weight is 477 g/mol. The molecule has 0 aliphatic carbocycles. The quantitative estimate of drug-likeness (QED) is 0.266. The van der Waals surface area contributed by atoms with E-state index in [1.165, 1.54) is 17.8 Å². The summed E-state index contributed by atoms with van der Waals surface area (Å²) in [6.07, 6.45) is 0.515. The zero-order chi connectivity index (χ0) is 23.8. The highest BCUT2D eigenvalue weighted by Gasteiger charge is 2.19. The van der Waals surface area contributed by atoms with Crippen molar-refractivity contribution in [2.75, 3.05) is 20.3 Å². The number of rotatable bonds is 10. The Labute approximate surface area is 202 Å². The number of benzene rings is 3. The van der Waals surface area contributed by atoms with Gasteiger partial charge >= 0.3 is 0 Å². The highest BCUT2D eigenvalue weighted by molar-refractivity contribution is 7.98. The largest absolute Gasteiger partial charge is 0.383 e. The Morgan fingerprint density at radius 3 is 2.53 bits per heavy atom. The van der Waals surface area contributed by atoms with Crippen LogP contribution in [0, 0.1) is 5.82 Å². The molecule has 4 rings (SSSR count). The highest BCUT2D eigenvalue weighted by Crippen LogP contribution is 2.28. The third-order valence-corrected chi connectivity index (χ3v) is 6.19. The summed E-state index contributed by atoms with van der Waals surface area (Å²) >= 11 is 1.41. The molecule has 0 atom stereocenters. The van der Waals surface area contributed by atoms with E-state index in [-0.39, 0.29) is 11.7 Å². The molecule has 0 fully saturated rings. The van der Waals surface area contributed by atoms with Gasteiger partial charge in [-0.05, 0) is 29.3 Å². The van der Waals surface area contributed by atoms with Crippen molar-refractivity contribution in [3.05, 3.63) is 107 Å². The molecule has 0 saturated carbocycles. The van der Waals surface area contributed by atoms with E-state index >= 15 is 0 Å². The van der Waals surface area contributed by atoms with Crippen molar-refractivity contribution < 1.29 is 13.9 Å². The topological polar surface area (TPSA) is 69.0 Å². The number of thioether (sulfide) groups is 1. The van der Waals surface area contributed by atoms with Crippen molar-refractivity contribution in [1.29, 1.82) is 0 Å². The molecule has 1 amide bonds. The second-order valence-electron chi connectivity index (χ2n) is 7.54. The number of amides is 1. The van der Waals surface area contributed by atoms with E-state index in [2.05, 4.69) is 15.5 Å². The zero-order valence-electron chi connectivity index (χ0n) is 18.8. The van der Waals surface area contributed by atoms with E-state index in [0.29, 0.717) is 47.6 Å². The molecule has 174 valence electrons. The molecule has 3 aromatic carbocycles. The lowest BCUT2D eigenvalue weighted by molar-refractivity contribution is 0.0936. The molecule has 4 aromatic rings. The third-order valence-electron chi connectivity index (χ3n) is 5.21. The molecule has 0 unspecified atom stereocenters. The normalized spacial score (nSPS) is 10.9. The Hall–Kier alpha value is -3.49. The van der Waals surface area contributed by atoms with E-state index in [4.69, 9.17) is 4.74 Å². The van der Waals surface area contributed by atoms with Crippen LogP contribution in [0.5, 0.6) is 0 Å². The lowest BCUT2D eigenvalue weighted by Crippen LogP contribution is -2.27. The monoisotopic (exact) mass is 476 g/mol. The second-order valence-corrected chi connectivity index (χ2v) is 8.49. The van der Waals surface area contributed by atoms with Gasteiger partial charge in [-0.25, -0.2) is 4.39 Å². The molecule has 0 aliphatic rings. The number of ether oxygens (including phenoxy) is 1. The first-order valence-corrected chi connectivity index (χ1v) is 11.9. The van der Waals surface area contributed by atoms with Crippen molar-refractivity contribution in [2.45, 2.75) is 17.3 Å². The van der Waals surface area contributed by atoms with Gasteiger partial charge in [-0.15, -0.1) is 10.2 Å². The van der Waals surface area contributed by atoms with Crippen LogP contribution < -0.4 is 5.32 Å². The van der Waals surface area contributed by atoms with Crippen molar-refractivity contribution in [3.63, 3.8) is 0 Å². The van der Waals surface area contributed by atoms with Crippen LogP contribution in [0.3, 0.4) is 0 Å². The van der Waals surface area contributed by atoms with Gasteiger partial charge in [-0.2, -0.15) is 0 Å². The molecule has 1 aromatic heterocycles. The lowest BCUT2D eigenvalue weighted by Gasteiger charge is -2.12. The van der Waals surface area contributed by atoms with Crippen LogP contribution in [0.1, 0.15) is 27.3 Å². The SMILES string of the molecule is COCCNC(=O)c1ccccc1CSc1nnc(Cc2ccccc2)n1-c1ccccc1F. The summed E-state index contributed by atoms with van der Waals surface area (Å²) in [6, 6.07) is 23.9. The van der Waals surface area contributed by atoms with Gasteiger partial charge < -0.3 is 10.1 Å². The van der Waals surface area contributed by atoms with Gasteiger partial charge in [0.1, 0.15) is 11.6 Å². The van der Waals surface area contributed by atoms with Crippen LogP contribution >= 0.6 is 11.8 Å². The lowest BCUT2D eigenvalue weighted by atomic mass is 10.1. The molecule has 6 nitrogen and oxygen atoms in total. The maximum atomic E-state index is 14.8. The average Bonchev–Trinajstić information content (AvgIpc) is 3.26. The van der Waals surface area contributed by atoms with Gasteiger partial charge in [0.2, 0.25) is 0 Å². The summed E-state index contributed by atoms with van der Waals surface area (Å²) in [6.45, 7) is 0.875. The van der Waals surface area contributed by atoms with Gasteiger partial charge in [-0.3, -0.25) is 9.36 Å². The smallest absolute Gasteiger partial charge is 0.251 e. The van der Waals surface area contributed by atoms with Gasteiger partial charge in [-0.1, -0.05) is 72.4 Å². The van der Waals surface area contributed by atoms with E-state index in [9.17, 15) is 9.18 Å². The molecule has 1 heterocycles. The Bertz CT molecular complexity index is 1250. The maximum Gasteiger partial charge on any atom is 0.251 e. The number of carbonyl (C=O) groups is 1. The summed E-state index contributed by atoms with van der Waals surface area (Å²) < 4.78 is 21.5. The van der Waals surface area contributed by atoms with Crippen molar-refractivity contribution in [1.82, 2.24) is 20.1 Å². The van der Waals surface area contributed by atoms with Crippen LogP contribution in [0.15, 0.2) is 84.0 Å². The Morgan fingerprint density at radius 1 is 1.00 bits per heavy atom. The molecule has 0 radical (unpaired) electrons. The fraction of sp³-hybridized carbons (Fsp3) is 0.192. The molecule has 0 spiro atoms. The predicted molar refractivity (Wildman–Crippen MR) is 131 cm³/mol. The van der Waals surface area contributed by atoms with Crippen molar-refractivity contribution >= 4 is 17.7 Å². The number of halogens is 1. The number of aromatic nitrogens is 3. The van der Waals surface area contributed by atoms with Crippen LogP contribution in [0.2, 0.25) is 0 Å². The van der Waals surface area contributed by atoms with Gasteiger partial charge in [0.25, 0.3) is 5.91 Å². The molecule has 34 heavy (non-hydrogen) atoms. The molecular weight excluding hydrogens is 451 g/mol. The number of hydrogen-bond donors (Lipinski definition) is 1. The van der Waals surface area contributed by atoms with E-state index < -0.39 is 0 Å². The Morgan fingerprint density at radius 2 is 1.74 bits per heavy atom. The van der Waals surface area contributed by atoms with Crippen LogP contribution in [-0.2, 0) is 16.9 Å². The molecule has 8 heteroatoms. The summed E-state index contributed by atoms with van der Waals surface area (Å²) in [5, 5.41) is 12.2. The first-order valence-electron chi connectivity index (χ1n) is 10.9.